The fraction of sp³-hybridized carbons (Fsp3) is 0.545. The standard InChI is InChI=1S/C22H32N4O2/c1-5-27-14-18-26-19-20(28-18)16-11-10-15(13-17(16)25-21(19)23)9-7-6-8-12-24-22(2,3)4/h10-11,13,24H,5-9,12,14H2,1-4H3,(H2,23,25). The van der Waals surface area contributed by atoms with Crippen LogP contribution >= 0.6 is 0 Å². The van der Waals surface area contributed by atoms with Crippen LogP contribution in [0.5, 0.6) is 0 Å². The third kappa shape index (κ3) is 5.20. The number of nitrogen functional groups attached to an aromatic ring is 1. The van der Waals surface area contributed by atoms with Crippen molar-refractivity contribution < 1.29 is 9.15 Å². The minimum atomic E-state index is 0.193. The van der Waals surface area contributed by atoms with Crippen molar-refractivity contribution in [2.75, 3.05) is 18.9 Å². The van der Waals surface area contributed by atoms with Gasteiger partial charge in [-0.1, -0.05) is 12.5 Å². The number of ether oxygens (including phenoxy) is 1. The van der Waals surface area contributed by atoms with Crippen molar-refractivity contribution in [2.24, 2.45) is 0 Å². The second-order valence-corrected chi connectivity index (χ2v) is 8.26. The second kappa shape index (κ2) is 8.88. The Kier molecular flexibility index (Phi) is 6.52. The molecule has 0 aliphatic heterocycles. The molecule has 2 heterocycles. The lowest BCUT2D eigenvalue weighted by Gasteiger charge is -2.20. The summed E-state index contributed by atoms with van der Waals surface area (Å²) in [5.74, 6) is 0.935. The van der Waals surface area contributed by atoms with Gasteiger partial charge in [0.05, 0.1) is 5.52 Å². The lowest BCUT2D eigenvalue weighted by molar-refractivity contribution is 0.116. The van der Waals surface area contributed by atoms with Gasteiger partial charge in [0, 0.05) is 17.5 Å². The number of nitrogens with zero attached hydrogens (tertiary/aromatic N) is 2. The molecule has 0 aliphatic carbocycles. The number of pyridine rings is 1. The summed E-state index contributed by atoms with van der Waals surface area (Å²) in [6, 6.07) is 6.33. The van der Waals surface area contributed by atoms with Crippen LogP contribution in [0.1, 0.15) is 58.4 Å². The van der Waals surface area contributed by atoms with Gasteiger partial charge in [0.15, 0.2) is 16.9 Å². The number of unbranched alkanes of at least 4 members (excludes halogenated alkanes) is 2. The number of nitrogens with two attached hydrogens (primary N) is 1. The van der Waals surface area contributed by atoms with Crippen molar-refractivity contribution >= 4 is 27.8 Å². The molecule has 0 aliphatic rings. The number of benzene rings is 1. The SMILES string of the molecule is CCOCc1nc2c(N)nc3cc(CCCCCNC(C)(C)C)ccc3c2o1. The molecule has 0 saturated carbocycles. The molecule has 6 heteroatoms. The molecule has 1 aromatic carbocycles. The van der Waals surface area contributed by atoms with Crippen molar-refractivity contribution in [3.63, 3.8) is 0 Å². The van der Waals surface area contributed by atoms with E-state index < -0.39 is 0 Å². The average molecular weight is 385 g/mol. The Bertz CT molecular complexity index is 928. The molecule has 0 amide bonds. The molecule has 3 N–H and O–H groups in total. The number of rotatable bonds is 9. The van der Waals surface area contributed by atoms with Gasteiger partial charge in [-0.15, -0.1) is 0 Å². The van der Waals surface area contributed by atoms with Crippen LogP contribution in [-0.2, 0) is 17.8 Å². The summed E-state index contributed by atoms with van der Waals surface area (Å²) in [6.45, 7) is 10.6. The van der Waals surface area contributed by atoms with E-state index in [2.05, 4.69) is 54.3 Å². The van der Waals surface area contributed by atoms with Crippen molar-refractivity contribution in [2.45, 2.75) is 65.5 Å². The predicted octanol–water partition coefficient (Wildman–Crippen LogP) is 4.60. The normalized spacial score (nSPS) is 12.3. The van der Waals surface area contributed by atoms with Gasteiger partial charge >= 0.3 is 0 Å². The van der Waals surface area contributed by atoms with E-state index in [0.717, 1.165) is 30.3 Å². The minimum absolute atomic E-state index is 0.193. The first-order chi connectivity index (χ1) is 13.4. The first-order valence-electron chi connectivity index (χ1n) is 10.2. The van der Waals surface area contributed by atoms with Gasteiger partial charge in [-0.25, -0.2) is 9.97 Å². The molecule has 0 spiro atoms. The van der Waals surface area contributed by atoms with Gasteiger partial charge in [0.25, 0.3) is 0 Å². The highest BCUT2D eigenvalue weighted by Gasteiger charge is 2.14. The highest BCUT2D eigenvalue weighted by atomic mass is 16.5. The van der Waals surface area contributed by atoms with E-state index in [-0.39, 0.29) is 5.54 Å². The molecule has 152 valence electrons. The number of aromatic nitrogens is 2. The van der Waals surface area contributed by atoms with Crippen LogP contribution in [0.4, 0.5) is 5.82 Å². The number of hydrogen-bond acceptors (Lipinski definition) is 6. The highest BCUT2D eigenvalue weighted by Crippen LogP contribution is 2.29. The fourth-order valence-electron chi connectivity index (χ4n) is 3.27. The quantitative estimate of drug-likeness (QED) is 0.525. The summed E-state index contributed by atoms with van der Waals surface area (Å²) < 4.78 is 11.3. The van der Waals surface area contributed by atoms with Crippen molar-refractivity contribution in [1.29, 1.82) is 0 Å². The molecule has 3 rings (SSSR count). The van der Waals surface area contributed by atoms with Crippen LogP contribution in [0.25, 0.3) is 22.0 Å². The lowest BCUT2D eigenvalue weighted by atomic mass is 10.0. The molecule has 3 aromatic rings. The highest BCUT2D eigenvalue weighted by molar-refractivity contribution is 6.04. The van der Waals surface area contributed by atoms with E-state index in [0.29, 0.717) is 36.0 Å². The number of hydrogen-bond donors (Lipinski definition) is 2. The zero-order valence-corrected chi connectivity index (χ0v) is 17.5. The van der Waals surface area contributed by atoms with E-state index in [4.69, 9.17) is 14.9 Å². The predicted molar refractivity (Wildman–Crippen MR) is 114 cm³/mol. The maximum Gasteiger partial charge on any atom is 0.221 e. The topological polar surface area (TPSA) is 86.2 Å². The van der Waals surface area contributed by atoms with E-state index >= 15 is 0 Å². The Balaban J connectivity index is 1.67. The zero-order chi connectivity index (χ0) is 20.1. The number of aryl methyl sites for hydroxylation is 1. The Morgan fingerprint density at radius 2 is 1.96 bits per heavy atom. The number of oxazole rings is 1. The molecule has 0 radical (unpaired) electrons. The van der Waals surface area contributed by atoms with E-state index in [1.807, 2.05) is 6.92 Å². The van der Waals surface area contributed by atoms with Crippen LogP contribution in [0.3, 0.4) is 0 Å². The average Bonchev–Trinajstić information content (AvgIpc) is 3.07. The molecule has 0 fully saturated rings. The Morgan fingerprint density at radius 3 is 2.71 bits per heavy atom. The summed E-state index contributed by atoms with van der Waals surface area (Å²) in [7, 11) is 0. The van der Waals surface area contributed by atoms with Crippen molar-refractivity contribution in [3.8, 4) is 0 Å². The molecule has 0 atom stereocenters. The Labute approximate surface area is 166 Å². The monoisotopic (exact) mass is 384 g/mol. The summed E-state index contributed by atoms with van der Waals surface area (Å²) in [4.78, 5) is 8.98. The van der Waals surface area contributed by atoms with Crippen LogP contribution in [0.15, 0.2) is 22.6 Å². The molecular formula is C22H32N4O2. The number of fused-ring (bicyclic) bond motifs is 3. The second-order valence-electron chi connectivity index (χ2n) is 8.26. The fourth-order valence-corrected chi connectivity index (χ4v) is 3.27. The largest absolute Gasteiger partial charge is 0.437 e. The maximum absolute atomic E-state index is 6.12. The van der Waals surface area contributed by atoms with Gasteiger partial charge in [0.1, 0.15) is 6.61 Å². The first kappa shape index (κ1) is 20.6. The van der Waals surface area contributed by atoms with Crippen LogP contribution in [0.2, 0.25) is 0 Å². The molecular weight excluding hydrogens is 352 g/mol. The summed E-state index contributed by atoms with van der Waals surface area (Å²) in [5.41, 5.74) is 9.75. The van der Waals surface area contributed by atoms with Crippen molar-refractivity contribution in [1.82, 2.24) is 15.3 Å². The van der Waals surface area contributed by atoms with Crippen LogP contribution in [-0.4, -0.2) is 28.7 Å². The van der Waals surface area contributed by atoms with Crippen LogP contribution in [0, 0.1) is 0 Å². The summed E-state index contributed by atoms with van der Waals surface area (Å²) in [6.07, 6.45) is 4.60. The zero-order valence-electron chi connectivity index (χ0n) is 17.5. The van der Waals surface area contributed by atoms with Crippen molar-refractivity contribution in [3.05, 3.63) is 29.7 Å². The molecule has 0 bridgehead atoms. The van der Waals surface area contributed by atoms with E-state index in [1.165, 1.54) is 18.4 Å². The molecule has 28 heavy (non-hydrogen) atoms. The van der Waals surface area contributed by atoms with Crippen LogP contribution < -0.4 is 11.1 Å². The minimum Gasteiger partial charge on any atom is -0.437 e. The third-order valence-electron chi connectivity index (χ3n) is 4.69. The molecule has 0 unspecified atom stereocenters. The maximum atomic E-state index is 6.12. The molecule has 2 aromatic heterocycles. The summed E-state index contributed by atoms with van der Waals surface area (Å²) >= 11 is 0. The third-order valence-corrected chi connectivity index (χ3v) is 4.69. The lowest BCUT2D eigenvalue weighted by Crippen LogP contribution is -2.36. The van der Waals surface area contributed by atoms with E-state index in [9.17, 15) is 0 Å². The molecule has 6 nitrogen and oxygen atoms in total. The Morgan fingerprint density at radius 1 is 1.14 bits per heavy atom. The first-order valence-corrected chi connectivity index (χ1v) is 10.2. The van der Waals surface area contributed by atoms with Gasteiger partial charge in [-0.2, -0.15) is 0 Å². The molecule has 0 saturated heterocycles. The smallest absolute Gasteiger partial charge is 0.221 e. The summed E-state index contributed by atoms with van der Waals surface area (Å²) in [5, 5.41) is 4.48. The Hall–Kier alpha value is -2.18. The van der Waals surface area contributed by atoms with Gasteiger partial charge in [0.2, 0.25) is 5.89 Å². The number of nitrogens with one attached hydrogen (secondary N) is 1. The van der Waals surface area contributed by atoms with Gasteiger partial charge < -0.3 is 20.2 Å². The number of anilines is 1. The van der Waals surface area contributed by atoms with E-state index in [1.54, 1.807) is 0 Å². The van der Waals surface area contributed by atoms with Gasteiger partial charge in [-0.3, -0.25) is 0 Å². The van der Waals surface area contributed by atoms with Gasteiger partial charge in [-0.05, 0) is 71.2 Å².